The van der Waals surface area contributed by atoms with Gasteiger partial charge in [-0.1, -0.05) is 65.2 Å². The second-order valence-corrected chi connectivity index (χ2v) is 11.6. The van der Waals surface area contributed by atoms with Crippen LogP contribution in [0.4, 0.5) is 0 Å². The van der Waals surface area contributed by atoms with Crippen molar-refractivity contribution in [3.8, 4) is 0 Å². The minimum Gasteiger partial charge on any atom is -0.343 e. The van der Waals surface area contributed by atoms with E-state index in [0.717, 1.165) is 77.8 Å². The summed E-state index contributed by atoms with van der Waals surface area (Å²) in [5.74, 6) is 0.663. The molecule has 2 heterocycles. The Hall–Kier alpha value is -1.14. The lowest BCUT2D eigenvalue weighted by atomic mass is 10.0. The Balaban J connectivity index is 1.74. The van der Waals surface area contributed by atoms with Crippen LogP contribution >= 0.6 is 0 Å². The fourth-order valence-electron chi connectivity index (χ4n) is 5.95. The number of hydrogen-bond donors (Lipinski definition) is 0. The van der Waals surface area contributed by atoms with E-state index in [1.54, 1.807) is 0 Å². The SMILES string of the molecule is CCCCCCCC1CC(=O)N(CCCCN2CCCN(C)C(CCCCC)CC2=O)CCCN1C. The zero-order chi connectivity index (χ0) is 26.2. The van der Waals surface area contributed by atoms with E-state index in [1.165, 1.54) is 51.4 Å². The maximum absolute atomic E-state index is 13.1. The molecule has 0 aromatic carbocycles. The highest BCUT2D eigenvalue weighted by atomic mass is 16.2. The zero-order valence-electron chi connectivity index (χ0n) is 24.3. The summed E-state index contributed by atoms with van der Waals surface area (Å²) in [5.41, 5.74) is 0. The summed E-state index contributed by atoms with van der Waals surface area (Å²) >= 11 is 0. The van der Waals surface area contributed by atoms with Crippen LogP contribution in [0.3, 0.4) is 0 Å². The van der Waals surface area contributed by atoms with Gasteiger partial charge in [0.15, 0.2) is 0 Å². The Labute approximate surface area is 223 Å². The highest BCUT2D eigenvalue weighted by molar-refractivity contribution is 5.77. The van der Waals surface area contributed by atoms with Crippen molar-refractivity contribution < 1.29 is 9.59 Å². The zero-order valence-corrected chi connectivity index (χ0v) is 24.3. The van der Waals surface area contributed by atoms with Gasteiger partial charge in [0.2, 0.25) is 11.8 Å². The van der Waals surface area contributed by atoms with Crippen molar-refractivity contribution in [1.29, 1.82) is 0 Å². The number of amides is 2. The first-order valence-corrected chi connectivity index (χ1v) is 15.4. The fraction of sp³-hybridized carbons (Fsp3) is 0.933. The molecule has 0 spiro atoms. The topological polar surface area (TPSA) is 47.1 Å². The van der Waals surface area contributed by atoms with Gasteiger partial charge in [-0.25, -0.2) is 0 Å². The van der Waals surface area contributed by atoms with Gasteiger partial charge in [-0.2, -0.15) is 0 Å². The van der Waals surface area contributed by atoms with E-state index in [9.17, 15) is 9.59 Å². The largest absolute Gasteiger partial charge is 0.343 e. The summed E-state index contributed by atoms with van der Waals surface area (Å²) in [6.07, 6.45) is 17.9. The summed E-state index contributed by atoms with van der Waals surface area (Å²) in [6.45, 7) is 10.1. The molecule has 0 saturated carbocycles. The summed E-state index contributed by atoms with van der Waals surface area (Å²) in [4.78, 5) is 35.2. The Morgan fingerprint density at radius 2 is 1.00 bits per heavy atom. The van der Waals surface area contributed by atoms with Gasteiger partial charge in [0.25, 0.3) is 0 Å². The summed E-state index contributed by atoms with van der Waals surface area (Å²) in [6, 6.07) is 0.784. The molecule has 36 heavy (non-hydrogen) atoms. The monoisotopic (exact) mass is 506 g/mol. The molecule has 0 N–H and O–H groups in total. The van der Waals surface area contributed by atoms with Crippen LogP contribution in [-0.4, -0.2) is 96.9 Å². The van der Waals surface area contributed by atoms with Crippen molar-refractivity contribution >= 4 is 11.8 Å². The van der Waals surface area contributed by atoms with E-state index in [1.807, 2.05) is 0 Å². The molecule has 0 radical (unpaired) electrons. The highest BCUT2D eigenvalue weighted by Crippen LogP contribution is 2.19. The third kappa shape index (κ3) is 11.5. The molecular weight excluding hydrogens is 448 g/mol. The third-order valence-electron chi connectivity index (χ3n) is 8.54. The molecule has 2 aliphatic heterocycles. The highest BCUT2D eigenvalue weighted by Gasteiger charge is 2.26. The van der Waals surface area contributed by atoms with Gasteiger partial charge in [0.1, 0.15) is 0 Å². The maximum atomic E-state index is 13.1. The van der Waals surface area contributed by atoms with Gasteiger partial charge in [-0.15, -0.1) is 0 Å². The van der Waals surface area contributed by atoms with Crippen LogP contribution in [0.15, 0.2) is 0 Å². The number of rotatable bonds is 15. The molecule has 210 valence electrons. The van der Waals surface area contributed by atoms with Crippen LogP contribution in [-0.2, 0) is 9.59 Å². The van der Waals surface area contributed by atoms with Crippen molar-refractivity contribution in [2.24, 2.45) is 0 Å². The lowest BCUT2D eigenvalue weighted by Gasteiger charge is -2.35. The number of unbranched alkanes of at least 4 members (excludes halogenated alkanes) is 7. The fourth-order valence-corrected chi connectivity index (χ4v) is 5.95. The lowest BCUT2D eigenvalue weighted by molar-refractivity contribution is -0.135. The number of carbonyl (C=O) groups is 2. The van der Waals surface area contributed by atoms with Crippen LogP contribution < -0.4 is 0 Å². The molecule has 6 heteroatoms. The number of nitrogens with zero attached hydrogens (tertiary/aromatic N) is 4. The molecule has 6 nitrogen and oxygen atoms in total. The van der Waals surface area contributed by atoms with Gasteiger partial charge in [-0.3, -0.25) is 9.59 Å². The van der Waals surface area contributed by atoms with E-state index in [0.29, 0.717) is 36.7 Å². The standard InChI is InChI=1S/C30H58N4O2/c1-5-7-9-10-12-18-28-26-30(36)34(24-16-20-32(28)4)22-14-13-21-33-23-15-19-31(3)27(25-29(33)35)17-11-8-6-2/h27-28H,5-26H2,1-4H3. The predicted molar refractivity (Wildman–Crippen MR) is 151 cm³/mol. The Bertz CT molecular complexity index is 614. The molecule has 2 rings (SSSR count). The molecule has 2 atom stereocenters. The number of hydrogen-bond acceptors (Lipinski definition) is 4. The Morgan fingerprint density at radius 3 is 1.47 bits per heavy atom. The van der Waals surface area contributed by atoms with Crippen molar-refractivity contribution in [1.82, 2.24) is 19.6 Å². The van der Waals surface area contributed by atoms with E-state index in [2.05, 4.69) is 47.5 Å². The van der Waals surface area contributed by atoms with Crippen molar-refractivity contribution in [3.63, 3.8) is 0 Å². The molecule has 0 bridgehead atoms. The number of carbonyl (C=O) groups excluding carboxylic acids is 2. The van der Waals surface area contributed by atoms with Gasteiger partial charge in [0, 0.05) is 51.1 Å². The Morgan fingerprint density at radius 1 is 0.583 bits per heavy atom. The van der Waals surface area contributed by atoms with Gasteiger partial charge in [0.05, 0.1) is 0 Å². The third-order valence-corrected chi connectivity index (χ3v) is 8.54. The van der Waals surface area contributed by atoms with E-state index >= 15 is 0 Å². The first kappa shape index (κ1) is 31.1. The van der Waals surface area contributed by atoms with Crippen LogP contribution in [0.5, 0.6) is 0 Å². The summed E-state index contributed by atoms with van der Waals surface area (Å²) in [5, 5.41) is 0. The minimum absolute atomic E-state index is 0.329. The van der Waals surface area contributed by atoms with Crippen LogP contribution in [0.1, 0.15) is 117 Å². The van der Waals surface area contributed by atoms with Crippen molar-refractivity contribution in [2.45, 2.75) is 129 Å². The van der Waals surface area contributed by atoms with Gasteiger partial charge >= 0.3 is 0 Å². The van der Waals surface area contributed by atoms with E-state index < -0.39 is 0 Å². The van der Waals surface area contributed by atoms with Crippen LogP contribution in [0.25, 0.3) is 0 Å². The first-order valence-electron chi connectivity index (χ1n) is 15.4. The molecule has 0 aromatic heterocycles. The smallest absolute Gasteiger partial charge is 0.224 e. The molecule has 2 saturated heterocycles. The maximum Gasteiger partial charge on any atom is 0.224 e. The molecule has 2 aliphatic rings. The molecular formula is C30H58N4O2. The van der Waals surface area contributed by atoms with Crippen LogP contribution in [0.2, 0.25) is 0 Å². The normalized spacial score (nSPS) is 23.4. The quantitative estimate of drug-likeness (QED) is 0.273. The molecule has 0 aliphatic carbocycles. The Kier molecular flexibility index (Phi) is 15.7. The van der Waals surface area contributed by atoms with Gasteiger partial charge < -0.3 is 19.6 Å². The van der Waals surface area contributed by atoms with Gasteiger partial charge in [-0.05, 0) is 65.7 Å². The molecule has 2 unspecified atom stereocenters. The second-order valence-electron chi connectivity index (χ2n) is 11.6. The van der Waals surface area contributed by atoms with E-state index in [4.69, 9.17) is 0 Å². The average Bonchev–Trinajstić information content (AvgIpc) is 2.85. The summed E-state index contributed by atoms with van der Waals surface area (Å²) in [7, 11) is 4.39. The van der Waals surface area contributed by atoms with Crippen LogP contribution in [0, 0.1) is 0 Å². The molecule has 0 aromatic rings. The van der Waals surface area contributed by atoms with Crippen molar-refractivity contribution in [2.75, 3.05) is 53.4 Å². The van der Waals surface area contributed by atoms with E-state index in [-0.39, 0.29) is 0 Å². The first-order chi connectivity index (χ1) is 17.5. The predicted octanol–water partition coefficient (Wildman–Crippen LogP) is 5.55. The van der Waals surface area contributed by atoms with Crippen molar-refractivity contribution in [3.05, 3.63) is 0 Å². The minimum atomic E-state index is 0.329. The molecule has 2 amide bonds. The molecule has 2 fully saturated rings. The average molecular weight is 507 g/mol. The lowest BCUT2D eigenvalue weighted by Crippen LogP contribution is -2.45. The summed E-state index contributed by atoms with van der Waals surface area (Å²) < 4.78 is 0. The second kappa shape index (κ2) is 18.2.